The monoisotopic (exact) mass is 452 g/mol. The highest BCUT2D eigenvalue weighted by Crippen LogP contribution is 2.33. The average Bonchev–Trinajstić information content (AvgIpc) is 3.51. The van der Waals surface area contributed by atoms with Crippen LogP contribution >= 0.6 is 11.8 Å². The van der Waals surface area contributed by atoms with Crippen molar-refractivity contribution in [1.82, 2.24) is 20.1 Å². The molecule has 0 bridgehead atoms. The minimum atomic E-state index is -4.50. The van der Waals surface area contributed by atoms with Crippen LogP contribution in [-0.4, -0.2) is 45.7 Å². The zero-order valence-corrected chi connectivity index (χ0v) is 17.1. The Labute approximate surface area is 180 Å². The molecule has 1 unspecified atom stereocenters. The summed E-state index contributed by atoms with van der Waals surface area (Å²) < 4.78 is 52.0. The summed E-state index contributed by atoms with van der Waals surface area (Å²) in [5.74, 6) is 0.395. The van der Waals surface area contributed by atoms with Crippen molar-refractivity contribution in [2.45, 2.75) is 30.3 Å². The molecule has 3 heterocycles. The molecule has 1 saturated heterocycles. The van der Waals surface area contributed by atoms with Crippen molar-refractivity contribution in [1.29, 1.82) is 0 Å². The highest BCUT2D eigenvalue weighted by Gasteiger charge is 2.31. The fourth-order valence-electron chi connectivity index (χ4n) is 3.20. The molecule has 1 fully saturated rings. The van der Waals surface area contributed by atoms with Gasteiger partial charge in [0.1, 0.15) is 0 Å². The second-order valence-corrected chi connectivity index (χ2v) is 7.84. The Morgan fingerprint density at radius 1 is 1.26 bits per heavy atom. The Morgan fingerprint density at radius 3 is 2.84 bits per heavy atom. The molecule has 1 atom stereocenters. The molecule has 1 aliphatic heterocycles. The summed E-state index contributed by atoms with van der Waals surface area (Å²) in [6.07, 6.45) is -1.15. The largest absolute Gasteiger partial charge is 0.461 e. The Balaban J connectivity index is 1.56. The van der Waals surface area contributed by atoms with E-state index >= 15 is 0 Å². The number of hydrogen-bond donors (Lipinski definition) is 1. The van der Waals surface area contributed by atoms with E-state index in [2.05, 4.69) is 15.5 Å². The lowest BCUT2D eigenvalue weighted by molar-refractivity contribution is -0.137. The van der Waals surface area contributed by atoms with Gasteiger partial charge in [0, 0.05) is 13.2 Å². The van der Waals surface area contributed by atoms with E-state index in [-0.39, 0.29) is 34.4 Å². The van der Waals surface area contributed by atoms with Crippen LogP contribution in [0.1, 0.15) is 18.4 Å². The van der Waals surface area contributed by atoms with Gasteiger partial charge in [-0.2, -0.15) is 13.2 Å². The fraction of sp³-hybridized carbons (Fsp3) is 0.350. The van der Waals surface area contributed by atoms with Crippen LogP contribution < -0.4 is 5.32 Å². The summed E-state index contributed by atoms with van der Waals surface area (Å²) >= 11 is 1.08. The zero-order chi connectivity index (χ0) is 21.8. The molecule has 0 radical (unpaired) electrons. The van der Waals surface area contributed by atoms with Gasteiger partial charge in [-0.3, -0.25) is 9.36 Å². The second kappa shape index (κ2) is 9.15. The summed E-state index contributed by atoms with van der Waals surface area (Å²) in [5.41, 5.74) is -0.581. The van der Waals surface area contributed by atoms with Crippen LogP contribution in [0.5, 0.6) is 0 Å². The van der Waals surface area contributed by atoms with Crippen molar-refractivity contribution in [3.8, 4) is 17.3 Å². The average molecular weight is 452 g/mol. The van der Waals surface area contributed by atoms with Crippen molar-refractivity contribution in [2.24, 2.45) is 0 Å². The fourth-order valence-corrected chi connectivity index (χ4v) is 3.98. The smallest absolute Gasteiger partial charge is 0.416 e. The third-order valence-corrected chi connectivity index (χ3v) is 5.62. The SMILES string of the molecule is O=C(CSc1nnc(-c2ccco2)n1-c1cccc(C(F)(F)F)c1)NCC1CCCO1. The van der Waals surface area contributed by atoms with E-state index in [1.165, 1.54) is 23.0 Å². The number of ether oxygens (including phenoxy) is 1. The van der Waals surface area contributed by atoms with Crippen LogP contribution in [0.2, 0.25) is 0 Å². The number of carbonyl (C=O) groups excluding carboxylic acids is 1. The Kier molecular flexibility index (Phi) is 6.33. The summed E-state index contributed by atoms with van der Waals surface area (Å²) in [5, 5.41) is 11.2. The summed E-state index contributed by atoms with van der Waals surface area (Å²) in [7, 11) is 0. The second-order valence-electron chi connectivity index (χ2n) is 6.89. The van der Waals surface area contributed by atoms with Gasteiger partial charge in [-0.25, -0.2) is 0 Å². The lowest BCUT2D eigenvalue weighted by atomic mass is 10.2. The van der Waals surface area contributed by atoms with Gasteiger partial charge < -0.3 is 14.5 Å². The predicted octanol–water partition coefficient (Wildman–Crippen LogP) is 3.93. The molecule has 0 aliphatic carbocycles. The maximum Gasteiger partial charge on any atom is 0.416 e. The molecule has 4 rings (SSSR count). The molecule has 1 N–H and O–H groups in total. The molecule has 0 saturated carbocycles. The van der Waals surface area contributed by atoms with Crippen molar-refractivity contribution < 1.29 is 27.1 Å². The van der Waals surface area contributed by atoms with Gasteiger partial charge in [0.05, 0.1) is 29.4 Å². The van der Waals surface area contributed by atoms with Crippen LogP contribution in [-0.2, 0) is 15.7 Å². The number of carbonyl (C=O) groups is 1. The van der Waals surface area contributed by atoms with Crippen LogP contribution in [0.3, 0.4) is 0 Å². The lowest BCUT2D eigenvalue weighted by Gasteiger charge is -2.13. The molecule has 164 valence electrons. The first-order valence-corrected chi connectivity index (χ1v) is 10.6. The van der Waals surface area contributed by atoms with Gasteiger partial charge in [0.15, 0.2) is 10.9 Å². The van der Waals surface area contributed by atoms with E-state index in [1.54, 1.807) is 12.1 Å². The van der Waals surface area contributed by atoms with E-state index in [0.717, 1.165) is 36.7 Å². The number of nitrogens with zero attached hydrogens (tertiary/aromatic N) is 3. The number of halogens is 3. The molecule has 1 aliphatic rings. The van der Waals surface area contributed by atoms with Crippen molar-refractivity contribution in [2.75, 3.05) is 18.9 Å². The van der Waals surface area contributed by atoms with Gasteiger partial charge in [0.25, 0.3) is 0 Å². The highest BCUT2D eigenvalue weighted by atomic mass is 32.2. The molecular formula is C20H19F3N4O3S. The highest BCUT2D eigenvalue weighted by molar-refractivity contribution is 7.99. The predicted molar refractivity (Wildman–Crippen MR) is 107 cm³/mol. The molecule has 7 nitrogen and oxygen atoms in total. The number of alkyl halides is 3. The lowest BCUT2D eigenvalue weighted by Crippen LogP contribution is -2.32. The van der Waals surface area contributed by atoms with E-state index in [4.69, 9.17) is 9.15 Å². The molecule has 1 aromatic carbocycles. The third-order valence-electron chi connectivity index (χ3n) is 4.69. The minimum Gasteiger partial charge on any atom is -0.461 e. The van der Waals surface area contributed by atoms with Crippen molar-refractivity contribution >= 4 is 17.7 Å². The molecule has 11 heteroatoms. The molecule has 1 amide bonds. The van der Waals surface area contributed by atoms with E-state index in [0.29, 0.717) is 18.9 Å². The Hall–Kier alpha value is -2.79. The van der Waals surface area contributed by atoms with E-state index in [9.17, 15) is 18.0 Å². The summed E-state index contributed by atoms with van der Waals surface area (Å²) in [6.45, 7) is 1.13. The molecular weight excluding hydrogens is 433 g/mol. The van der Waals surface area contributed by atoms with E-state index < -0.39 is 11.7 Å². The topological polar surface area (TPSA) is 82.2 Å². The Morgan fingerprint density at radius 2 is 2.13 bits per heavy atom. The Bertz CT molecular complexity index is 1030. The first-order valence-electron chi connectivity index (χ1n) is 9.60. The third kappa shape index (κ3) is 5.10. The standard InChI is InChI=1S/C20H19F3N4O3S/c21-20(22,23)13-4-1-5-14(10-13)27-18(16-7-3-9-30-16)25-26-19(27)31-12-17(28)24-11-15-6-2-8-29-15/h1,3-5,7,9-10,15H,2,6,8,11-12H2,(H,24,28). The first-order chi connectivity index (χ1) is 14.9. The molecule has 3 aromatic rings. The van der Waals surface area contributed by atoms with Gasteiger partial charge >= 0.3 is 6.18 Å². The van der Waals surface area contributed by atoms with Crippen LogP contribution in [0, 0.1) is 0 Å². The maximum atomic E-state index is 13.2. The molecule has 0 spiro atoms. The maximum absolute atomic E-state index is 13.2. The molecule has 2 aromatic heterocycles. The zero-order valence-electron chi connectivity index (χ0n) is 16.3. The van der Waals surface area contributed by atoms with Gasteiger partial charge in [0.2, 0.25) is 11.7 Å². The van der Waals surface area contributed by atoms with Crippen LogP contribution in [0.25, 0.3) is 17.3 Å². The number of thioether (sulfide) groups is 1. The van der Waals surface area contributed by atoms with E-state index in [1.807, 2.05) is 0 Å². The molecule has 31 heavy (non-hydrogen) atoms. The summed E-state index contributed by atoms with van der Waals surface area (Å²) in [4.78, 5) is 12.2. The number of hydrogen-bond acceptors (Lipinski definition) is 6. The summed E-state index contributed by atoms with van der Waals surface area (Å²) in [6, 6.07) is 8.12. The number of furan rings is 1. The number of aromatic nitrogens is 3. The van der Waals surface area contributed by atoms with Gasteiger partial charge in [-0.1, -0.05) is 17.8 Å². The number of amides is 1. The quantitative estimate of drug-likeness (QED) is 0.547. The first kappa shape index (κ1) is 21.4. The van der Waals surface area contributed by atoms with Gasteiger partial charge in [-0.15, -0.1) is 10.2 Å². The van der Waals surface area contributed by atoms with Crippen molar-refractivity contribution in [3.05, 3.63) is 48.2 Å². The van der Waals surface area contributed by atoms with Crippen molar-refractivity contribution in [3.63, 3.8) is 0 Å². The number of benzene rings is 1. The number of rotatable bonds is 7. The van der Waals surface area contributed by atoms with Gasteiger partial charge in [-0.05, 0) is 43.2 Å². The minimum absolute atomic E-state index is 0.0215. The van der Waals surface area contributed by atoms with Crippen LogP contribution in [0.4, 0.5) is 13.2 Å². The van der Waals surface area contributed by atoms with Crippen LogP contribution in [0.15, 0.2) is 52.2 Å². The normalized spacial score (nSPS) is 16.5. The number of nitrogens with one attached hydrogen (secondary N) is 1.